The van der Waals surface area contributed by atoms with Gasteiger partial charge in [-0.3, -0.25) is 0 Å². The summed E-state index contributed by atoms with van der Waals surface area (Å²) in [6.07, 6.45) is 3.53. The molecule has 0 aliphatic carbocycles. The third-order valence-corrected chi connectivity index (χ3v) is 1.56. The first-order valence-corrected chi connectivity index (χ1v) is 4.37. The fraction of sp³-hybridized carbons (Fsp3) is 0. The molecule has 6 heteroatoms. The van der Waals surface area contributed by atoms with Crippen molar-refractivity contribution in [2.75, 3.05) is 0 Å². The van der Waals surface area contributed by atoms with E-state index in [2.05, 4.69) is 20.5 Å². The van der Waals surface area contributed by atoms with Crippen molar-refractivity contribution in [1.29, 1.82) is 0 Å². The number of nitrogens with zero attached hydrogens (tertiary/aromatic N) is 4. The fourth-order valence-electron chi connectivity index (χ4n) is 0.905. The number of benzene rings is 1. The highest BCUT2D eigenvalue weighted by atomic mass is 16.4. The lowest BCUT2D eigenvalue weighted by Gasteiger charge is -1.88. The minimum absolute atomic E-state index is 0.122. The Labute approximate surface area is 91.9 Å². The largest absolute Gasteiger partial charge is 0.411 e. The van der Waals surface area contributed by atoms with Crippen LogP contribution in [0.1, 0.15) is 5.56 Å². The second kappa shape index (κ2) is 6.88. The van der Waals surface area contributed by atoms with Crippen LogP contribution in [0.4, 0.5) is 0 Å². The van der Waals surface area contributed by atoms with Crippen LogP contribution >= 0.6 is 0 Å². The molecule has 0 amide bonds. The topological polar surface area (TPSA) is 89.9 Å². The first-order chi connectivity index (χ1) is 7.86. The highest BCUT2D eigenvalue weighted by Crippen LogP contribution is 1.93. The molecule has 0 saturated carbocycles. The number of hydrogen-bond acceptors (Lipinski definition) is 6. The summed E-state index contributed by atoms with van der Waals surface area (Å²) >= 11 is 0. The number of oxime groups is 2. The molecule has 0 aromatic heterocycles. The van der Waals surface area contributed by atoms with Crippen LogP contribution in [0, 0.1) is 0 Å². The molecular formula is C10H10N4O2. The zero-order valence-corrected chi connectivity index (χ0v) is 8.30. The molecule has 0 aliphatic rings. The fourth-order valence-corrected chi connectivity index (χ4v) is 0.905. The van der Waals surface area contributed by atoms with Gasteiger partial charge in [0.25, 0.3) is 0 Å². The van der Waals surface area contributed by atoms with Gasteiger partial charge in [-0.1, -0.05) is 40.6 Å². The van der Waals surface area contributed by atoms with E-state index in [4.69, 9.17) is 10.4 Å². The van der Waals surface area contributed by atoms with Crippen LogP contribution in [0.5, 0.6) is 0 Å². The smallest absolute Gasteiger partial charge is 0.129 e. The van der Waals surface area contributed by atoms with Gasteiger partial charge in [0.05, 0.1) is 18.6 Å². The normalized spacial score (nSPS) is 11.5. The monoisotopic (exact) mass is 218 g/mol. The van der Waals surface area contributed by atoms with Crippen molar-refractivity contribution in [3.8, 4) is 0 Å². The molecule has 0 saturated heterocycles. The molecule has 0 spiro atoms. The highest BCUT2D eigenvalue weighted by molar-refractivity contribution is 6.55. The van der Waals surface area contributed by atoms with Crippen molar-refractivity contribution < 1.29 is 10.4 Å². The predicted octanol–water partition coefficient (Wildman–Crippen LogP) is 1.38. The van der Waals surface area contributed by atoms with Crippen LogP contribution in [0.15, 0.2) is 50.8 Å². The highest BCUT2D eigenvalue weighted by Gasteiger charge is 1.89. The maximum Gasteiger partial charge on any atom is 0.129 e. The Hall–Kier alpha value is -2.50. The molecule has 2 N–H and O–H groups in total. The Morgan fingerprint density at radius 3 is 2.19 bits per heavy atom. The Balaban J connectivity index is 2.73. The van der Waals surface area contributed by atoms with E-state index in [0.29, 0.717) is 0 Å². The minimum atomic E-state index is 0.122. The van der Waals surface area contributed by atoms with E-state index in [-0.39, 0.29) is 5.71 Å². The maximum atomic E-state index is 8.27. The SMILES string of the molecule is ON=CC(C=NO)=NN=Cc1ccccc1. The van der Waals surface area contributed by atoms with Crippen molar-refractivity contribution in [3.63, 3.8) is 0 Å². The lowest BCUT2D eigenvalue weighted by molar-refractivity contribution is 0.321. The summed E-state index contributed by atoms with van der Waals surface area (Å²) in [5.74, 6) is 0. The van der Waals surface area contributed by atoms with E-state index in [0.717, 1.165) is 18.0 Å². The van der Waals surface area contributed by atoms with Gasteiger partial charge < -0.3 is 10.4 Å². The Kier molecular flexibility index (Phi) is 4.98. The van der Waals surface area contributed by atoms with Crippen molar-refractivity contribution in [2.24, 2.45) is 20.5 Å². The van der Waals surface area contributed by atoms with E-state index in [1.807, 2.05) is 30.3 Å². The molecule has 1 rings (SSSR count). The summed E-state index contributed by atoms with van der Waals surface area (Å²) < 4.78 is 0. The van der Waals surface area contributed by atoms with Gasteiger partial charge in [0, 0.05) is 0 Å². The first kappa shape index (κ1) is 11.6. The third-order valence-electron chi connectivity index (χ3n) is 1.56. The van der Waals surface area contributed by atoms with Gasteiger partial charge in [-0.25, -0.2) is 0 Å². The molecule has 82 valence electrons. The first-order valence-electron chi connectivity index (χ1n) is 4.37. The van der Waals surface area contributed by atoms with Gasteiger partial charge in [-0.2, -0.15) is 5.10 Å². The lowest BCUT2D eigenvalue weighted by Crippen LogP contribution is -2.00. The maximum absolute atomic E-state index is 8.27. The molecule has 1 aromatic rings. The Bertz CT molecular complexity index is 410. The van der Waals surface area contributed by atoms with Gasteiger partial charge in [0.1, 0.15) is 5.71 Å². The lowest BCUT2D eigenvalue weighted by atomic mass is 10.2. The molecule has 0 unspecified atom stereocenters. The predicted molar refractivity (Wildman–Crippen MR) is 62.0 cm³/mol. The van der Waals surface area contributed by atoms with E-state index < -0.39 is 0 Å². The average molecular weight is 218 g/mol. The van der Waals surface area contributed by atoms with Crippen molar-refractivity contribution in [2.45, 2.75) is 0 Å². The molecular weight excluding hydrogens is 208 g/mol. The second-order valence-corrected chi connectivity index (χ2v) is 2.67. The Morgan fingerprint density at radius 2 is 1.62 bits per heavy atom. The summed E-state index contributed by atoms with van der Waals surface area (Å²) in [6, 6.07) is 9.35. The van der Waals surface area contributed by atoms with E-state index in [1.165, 1.54) is 6.21 Å². The quantitative estimate of drug-likeness (QED) is 0.454. The van der Waals surface area contributed by atoms with Crippen LogP contribution in [0.2, 0.25) is 0 Å². The van der Waals surface area contributed by atoms with Crippen LogP contribution in [0.3, 0.4) is 0 Å². The molecule has 0 aliphatic heterocycles. The summed E-state index contributed by atoms with van der Waals surface area (Å²) in [6.45, 7) is 0. The van der Waals surface area contributed by atoms with Gasteiger partial charge in [-0.05, 0) is 5.56 Å². The molecule has 1 aromatic carbocycles. The van der Waals surface area contributed by atoms with Crippen molar-refractivity contribution >= 4 is 24.4 Å². The van der Waals surface area contributed by atoms with E-state index in [1.54, 1.807) is 0 Å². The molecule has 0 bridgehead atoms. The summed E-state index contributed by atoms with van der Waals surface area (Å²) in [4.78, 5) is 0. The number of hydrogen-bond donors (Lipinski definition) is 2. The molecule has 16 heavy (non-hydrogen) atoms. The van der Waals surface area contributed by atoms with Gasteiger partial charge >= 0.3 is 0 Å². The number of rotatable bonds is 4. The van der Waals surface area contributed by atoms with Crippen LogP contribution in [-0.4, -0.2) is 34.8 Å². The standard InChI is InChI=1S/C10H10N4O2/c15-12-7-10(8-13-16)14-11-6-9-4-2-1-3-5-9/h1-8,15-16H. The van der Waals surface area contributed by atoms with Crippen LogP contribution in [0.25, 0.3) is 0 Å². The molecule has 0 atom stereocenters. The van der Waals surface area contributed by atoms with E-state index >= 15 is 0 Å². The summed E-state index contributed by atoms with van der Waals surface area (Å²) in [5.41, 5.74) is 1.00. The van der Waals surface area contributed by atoms with Gasteiger partial charge in [-0.15, -0.1) is 5.10 Å². The van der Waals surface area contributed by atoms with Crippen molar-refractivity contribution in [1.82, 2.24) is 0 Å². The van der Waals surface area contributed by atoms with Gasteiger partial charge in [0.2, 0.25) is 0 Å². The van der Waals surface area contributed by atoms with E-state index in [9.17, 15) is 0 Å². The zero-order chi connectivity index (χ0) is 11.6. The molecule has 0 radical (unpaired) electrons. The zero-order valence-electron chi connectivity index (χ0n) is 8.30. The van der Waals surface area contributed by atoms with Crippen LogP contribution < -0.4 is 0 Å². The summed E-state index contributed by atoms with van der Waals surface area (Å²) in [5, 5.41) is 29.4. The summed E-state index contributed by atoms with van der Waals surface area (Å²) in [7, 11) is 0. The molecule has 0 fully saturated rings. The van der Waals surface area contributed by atoms with Gasteiger partial charge in [0.15, 0.2) is 0 Å². The molecule has 0 heterocycles. The molecule has 6 nitrogen and oxygen atoms in total. The second-order valence-electron chi connectivity index (χ2n) is 2.67. The third kappa shape index (κ3) is 4.14. The Morgan fingerprint density at radius 1 is 1.00 bits per heavy atom. The van der Waals surface area contributed by atoms with Crippen LogP contribution in [-0.2, 0) is 0 Å². The minimum Gasteiger partial charge on any atom is -0.411 e. The van der Waals surface area contributed by atoms with Crippen molar-refractivity contribution in [3.05, 3.63) is 35.9 Å². The average Bonchev–Trinajstić information content (AvgIpc) is 2.31.